The average molecular weight is 229 g/mol. The minimum Gasteiger partial charge on any atom is -0.444 e. The van der Waals surface area contributed by atoms with Crippen LogP contribution in [0.15, 0.2) is 0 Å². The van der Waals surface area contributed by atoms with Crippen molar-refractivity contribution in [3.8, 4) is 0 Å². The third-order valence-electron chi connectivity index (χ3n) is 2.72. The van der Waals surface area contributed by atoms with Crippen molar-refractivity contribution in [3.05, 3.63) is 0 Å². The van der Waals surface area contributed by atoms with E-state index in [0.29, 0.717) is 13.1 Å². The van der Waals surface area contributed by atoms with Crippen LogP contribution < -0.4 is 0 Å². The molecule has 0 aromatic carbocycles. The smallest absolute Gasteiger partial charge is 0.410 e. The highest BCUT2D eigenvalue weighted by Crippen LogP contribution is 2.23. The second-order valence-electron chi connectivity index (χ2n) is 5.50. The van der Waals surface area contributed by atoms with Crippen molar-refractivity contribution in [1.82, 2.24) is 4.90 Å². The van der Waals surface area contributed by atoms with Gasteiger partial charge in [0.25, 0.3) is 0 Å². The molecule has 1 N–H and O–H groups in total. The quantitative estimate of drug-likeness (QED) is 0.788. The fourth-order valence-electron chi connectivity index (χ4n) is 1.98. The average Bonchev–Trinajstić information content (AvgIpc) is 2.46. The molecule has 0 aliphatic carbocycles. The summed E-state index contributed by atoms with van der Waals surface area (Å²) in [7, 11) is 0. The van der Waals surface area contributed by atoms with Gasteiger partial charge in [0.1, 0.15) is 5.60 Å². The lowest BCUT2D eigenvalue weighted by Gasteiger charge is -2.24. The second kappa shape index (κ2) is 5.04. The maximum absolute atomic E-state index is 11.7. The summed E-state index contributed by atoms with van der Waals surface area (Å²) in [5.74, 6) is 0.206. The predicted molar refractivity (Wildman–Crippen MR) is 62.2 cm³/mol. The van der Waals surface area contributed by atoms with Gasteiger partial charge >= 0.3 is 6.09 Å². The third-order valence-corrected chi connectivity index (χ3v) is 2.72. The molecular weight excluding hydrogens is 206 g/mol. The van der Waals surface area contributed by atoms with E-state index in [1.807, 2.05) is 20.8 Å². The molecule has 0 saturated carbocycles. The Labute approximate surface area is 97.6 Å². The first-order chi connectivity index (χ1) is 7.33. The Bertz CT molecular complexity index is 247. The Balaban J connectivity index is 2.48. The van der Waals surface area contributed by atoms with Crippen LogP contribution in [0.25, 0.3) is 0 Å². The molecule has 1 heterocycles. The van der Waals surface area contributed by atoms with Gasteiger partial charge in [0.15, 0.2) is 0 Å². The number of ether oxygens (including phenoxy) is 1. The Morgan fingerprint density at radius 1 is 1.44 bits per heavy atom. The van der Waals surface area contributed by atoms with E-state index >= 15 is 0 Å². The van der Waals surface area contributed by atoms with Crippen molar-refractivity contribution in [1.29, 1.82) is 0 Å². The van der Waals surface area contributed by atoms with Crippen molar-refractivity contribution >= 4 is 6.09 Å². The van der Waals surface area contributed by atoms with Crippen LogP contribution in [0.2, 0.25) is 0 Å². The first-order valence-corrected chi connectivity index (χ1v) is 5.99. The molecule has 16 heavy (non-hydrogen) atoms. The molecule has 1 fully saturated rings. The molecule has 0 aromatic heterocycles. The van der Waals surface area contributed by atoms with Gasteiger partial charge in [-0.05, 0) is 27.2 Å². The molecule has 0 spiro atoms. The van der Waals surface area contributed by atoms with Crippen LogP contribution in [0.5, 0.6) is 0 Å². The monoisotopic (exact) mass is 229 g/mol. The van der Waals surface area contributed by atoms with E-state index < -0.39 is 11.7 Å². The van der Waals surface area contributed by atoms with E-state index in [2.05, 4.69) is 6.92 Å². The van der Waals surface area contributed by atoms with Crippen LogP contribution in [0.4, 0.5) is 4.79 Å². The molecule has 0 unspecified atom stereocenters. The van der Waals surface area contributed by atoms with Crippen molar-refractivity contribution in [3.63, 3.8) is 0 Å². The maximum Gasteiger partial charge on any atom is 0.410 e. The highest BCUT2D eigenvalue weighted by Gasteiger charge is 2.35. The van der Waals surface area contributed by atoms with Crippen molar-refractivity contribution < 1.29 is 14.6 Å². The molecule has 1 amide bonds. The van der Waals surface area contributed by atoms with E-state index in [0.717, 1.165) is 12.8 Å². The topological polar surface area (TPSA) is 49.8 Å². The fraction of sp³-hybridized carbons (Fsp3) is 0.917. The molecule has 1 aliphatic heterocycles. The molecule has 94 valence electrons. The molecule has 0 radical (unpaired) electrons. The first-order valence-electron chi connectivity index (χ1n) is 5.99. The van der Waals surface area contributed by atoms with Gasteiger partial charge in [-0.2, -0.15) is 0 Å². The summed E-state index contributed by atoms with van der Waals surface area (Å²) < 4.78 is 5.27. The zero-order valence-electron chi connectivity index (χ0n) is 10.7. The molecule has 2 atom stereocenters. The largest absolute Gasteiger partial charge is 0.444 e. The van der Waals surface area contributed by atoms with Crippen molar-refractivity contribution in [2.24, 2.45) is 5.92 Å². The van der Waals surface area contributed by atoms with Gasteiger partial charge in [-0.3, -0.25) is 0 Å². The molecule has 1 saturated heterocycles. The molecule has 1 rings (SSSR count). The Hall–Kier alpha value is -0.770. The predicted octanol–water partition coefficient (Wildman–Crippen LogP) is 2.01. The van der Waals surface area contributed by atoms with Gasteiger partial charge in [0.05, 0.1) is 12.6 Å². The SMILES string of the molecule is CCC[C@H]1CN(C(=O)OC(C)(C)C)C[C@@H]1O. The van der Waals surface area contributed by atoms with Gasteiger partial charge < -0.3 is 14.7 Å². The molecule has 4 nitrogen and oxygen atoms in total. The van der Waals surface area contributed by atoms with Gasteiger partial charge in [0.2, 0.25) is 0 Å². The molecule has 4 heteroatoms. The van der Waals surface area contributed by atoms with E-state index in [9.17, 15) is 9.90 Å². The summed E-state index contributed by atoms with van der Waals surface area (Å²) in [6, 6.07) is 0. The second-order valence-corrected chi connectivity index (χ2v) is 5.50. The highest BCUT2D eigenvalue weighted by atomic mass is 16.6. The number of hydrogen-bond donors (Lipinski definition) is 1. The van der Waals surface area contributed by atoms with Gasteiger partial charge in [-0.25, -0.2) is 4.79 Å². The summed E-state index contributed by atoms with van der Waals surface area (Å²) >= 11 is 0. The van der Waals surface area contributed by atoms with Crippen LogP contribution in [-0.2, 0) is 4.74 Å². The number of rotatable bonds is 2. The minimum absolute atomic E-state index is 0.206. The van der Waals surface area contributed by atoms with Crippen LogP contribution >= 0.6 is 0 Å². The molecule has 0 bridgehead atoms. The molecule has 1 aliphatic rings. The normalized spacial score (nSPS) is 25.9. The zero-order chi connectivity index (χ0) is 12.3. The highest BCUT2D eigenvalue weighted by molar-refractivity contribution is 5.68. The van der Waals surface area contributed by atoms with Crippen molar-refractivity contribution in [2.75, 3.05) is 13.1 Å². The lowest BCUT2D eigenvalue weighted by molar-refractivity contribution is 0.0269. The number of β-amino-alcohol motifs (C(OH)–C–C–N with tert-alkyl or cyclic N) is 1. The summed E-state index contributed by atoms with van der Waals surface area (Å²) in [6.45, 7) is 8.65. The maximum atomic E-state index is 11.7. The number of likely N-dealkylation sites (tertiary alicyclic amines) is 1. The lowest BCUT2D eigenvalue weighted by atomic mass is 10.0. The molecular formula is C12H23NO3. The zero-order valence-corrected chi connectivity index (χ0v) is 10.7. The van der Waals surface area contributed by atoms with Crippen LogP contribution in [0, 0.1) is 5.92 Å². The number of carbonyl (C=O) groups excluding carboxylic acids is 1. The Kier molecular flexibility index (Phi) is 4.19. The first kappa shape index (κ1) is 13.3. The van der Waals surface area contributed by atoms with Crippen LogP contribution in [0.3, 0.4) is 0 Å². The van der Waals surface area contributed by atoms with Crippen LogP contribution in [0.1, 0.15) is 40.5 Å². The van der Waals surface area contributed by atoms with E-state index in [-0.39, 0.29) is 12.0 Å². The Morgan fingerprint density at radius 2 is 2.06 bits per heavy atom. The summed E-state index contributed by atoms with van der Waals surface area (Å²) in [5.41, 5.74) is -0.467. The number of nitrogens with zero attached hydrogens (tertiary/aromatic N) is 1. The summed E-state index contributed by atoms with van der Waals surface area (Å²) in [5, 5.41) is 9.79. The van der Waals surface area contributed by atoms with Gasteiger partial charge in [-0.15, -0.1) is 0 Å². The van der Waals surface area contributed by atoms with E-state index in [4.69, 9.17) is 4.74 Å². The number of amides is 1. The standard InChI is InChI=1S/C12H23NO3/c1-5-6-9-7-13(8-10(9)14)11(15)16-12(2,3)4/h9-10,14H,5-8H2,1-4H3/t9-,10-/m0/s1. The van der Waals surface area contributed by atoms with E-state index in [1.165, 1.54) is 0 Å². The number of aliphatic hydroxyl groups excluding tert-OH is 1. The summed E-state index contributed by atoms with van der Waals surface area (Å²) in [4.78, 5) is 13.4. The molecule has 0 aromatic rings. The van der Waals surface area contributed by atoms with E-state index in [1.54, 1.807) is 4.90 Å². The lowest BCUT2D eigenvalue weighted by Crippen LogP contribution is -2.35. The number of aliphatic hydroxyl groups is 1. The van der Waals surface area contributed by atoms with Crippen molar-refractivity contribution in [2.45, 2.75) is 52.2 Å². The summed E-state index contributed by atoms with van der Waals surface area (Å²) in [6.07, 6.45) is 1.28. The number of hydrogen-bond acceptors (Lipinski definition) is 3. The fourth-order valence-corrected chi connectivity index (χ4v) is 1.98. The van der Waals surface area contributed by atoms with Gasteiger partial charge in [0, 0.05) is 12.5 Å². The minimum atomic E-state index is -0.467. The van der Waals surface area contributed by atoms with Crippen LogP contribution in [-0.4, -0.2) is 40.9 Å². The van der Waals surface area contributed by atoms with Gasteiger partial charge in [-0.1, -0.05) is 13.3 Å². The Morgan fingerprint density at radius 3 is 2.56 bits per heavy atom. The third kappa shape index (κ3) is 3.67. The number of carbonyl (C=O) groups is 1.